The topological polar surface area (TPSA) is 57.6 Å². The highest BCUT2D eigenvalue weighted by Crippen LogP contribution is 2.23. The van der Waals surface area contributed by atoms with Crippen LogP contribution in [0.25, 0.3) is 10.9 Å². The quantitative estimate of drug-likeness (QED) is 0.612. The van der Waals surface area contributed by atoms with Crippen LogP contribution in [-0.4, -0.2) is 59.9 Å². The number of likely N-dealkylation sites (tertiary alicyclic amines) is 1. The molecule has 1 N–H and O–H groups in total. The summed E-state index contributed by atoms with van der Waals surface area (Å²) < 4.78 is 2.25. The standard InChI is InChI=1S/C26H32N4O2/c1-28(2)14-6-15-29-16-13-21-19-22(9-10-24(21)29)26(32)30-17-11-20(12-18-30)25(31)27-23-7-4-3-5-8-23/h3-5,7-10,13,16,19-20H,6,11-12,14-15,17-18H2,1-2H3,(H,27,31). The summed E-state index contributed by atoms with van der Waals surface area (Å²) in [7, 11) is 4.17. The highest BCUT2D eigenvalue weighted by Gasteiger charge is 2.28. The van der Waals surface area contributed by atoms with E-state index in [-0.39, 0.29) is 17.7 Å². The van der Waals surface area contributed by atoms with Gasteiger partial charge in [0.1, 0.15) is 0 Å². The van der Waals surface area contributed by atoms with E-state index < -0.39 is 0 Å². The number of carbonyl (C=O) groups is 2. The van der Waals surface area contributed by atoms with E-state index in [0.717, 1.165) is 41.7 Å². The molecule has 0 bridgehead atoms. The van der Waals surface area contributed by atoms with Gasteiger partial charge in [0.05, 0.1) is 0 Å². The molecular formula is C26H32N4O2. The van der Waals surface area contributed by atoms with Crippen LogP contribution in [0.2, 0.25) is 0 Å². The van der Waals surface area contributed by atoms with Gasteiger partial charge in [0.25, 0.3) is 5.91 Å². The Balaban J connectivity index is 1.34. The van der Waals surface area contributed by atoms with Gasteiger partial charge in [-0.25, -0.2) is 0 Å². The van der Waals surface area contributed by atoms with Gasteiger partial charge < -0.3 is 19.7 Å². The lowest BCUT2D eigenvalue weighted by Gasteiger charge is -2.31. The van der Waals surface area contributed by atoms with Gasteiger partial charge in [-0.2, -0.15) is 0 Å². The molecule has 0 saturated carbocycles. The molecule has 0 atom stereocenters. The van der Waals surface area contributed by atoms with Crippen molar-refractivity contribution < 1.29 is 9.59 Å². The van der Waals surface area contributed by atoms with Crippen LogP contribution in [0.15, 0.2) is 60.8 Å². The Kier molecular flexibility index (Phi) is 6.90. The van der Waals surface area contributed by atoms with Crippen molar-refractivity contribution in [3.63, 3.8) is 0 Å². The number of para-hydroxylation sites is 1. The maximum Gasteiger partial charge on any atom is 0.253 e. The zero-order valence-corrected chi connectivity index (χ0v) is 19.0. The molecule has 4 rings (SSSR count). The Morgan fingerprint density at radius 3 is 2.50 bits per heavy atom. The second-order valence-electron chi connectivity index (χ2n) is 8.86. The molecule has 1 aliphatic heterocycles. The number of carbonyl (C=O) groups excluding carboxylic acids is 2. The monoisotopic (exact) mass is 432 g/mol. The Labute approximate surface area is 189 Å². The molecule has 6 heteroatoms. The van der Waals surface area contributed by atoms with Gasteiger partial charge in [-0.05, 0) is 76.3 Å². The summed E-state index contributed by atoms with van der Waals surface area (Å²) in [5.74, 6) is 0.0347. The van der Waals surface area contributed by atoms with E-state index in [1.807, 2.05) is 47.4 Å². The lowest BCUT2D eigenvalue weighted by atomic mass is 9.95. The van der Waals surface area contributed by atoms with Crippen molar-refractivity contribution in [3.05, 3.63) is 66.4 Å². The van der Waals surface area contributed by atoms with Crippen molar-refractivity contribution in [1.29, 1.82) is 0 Å². The van der Waals surface area contributed by atoms with Crippen molar-refractivity contribution in [2.45, 2.75) is 25.8 Å². The first kappa shape index (κ1) is 22.1. The van der Waals surface area contributed by atoms with Crippen molar-refractivity contribution >= 4 is 28.4 Å². The second kappa shape index (κ2) is 10.0. The number of rotatable bonds is 7. The van der Waals surface area contributed by atoms with Crippen molar-refractivity contribution in [2.24, 2.45) is 5.92 Å². The largest absolute Gasteiger partial charge is 0.347 e. The molecule has 1 fully saturated rings. The summed E-state index contributed by atoms with van der Waals surface area (Å²) in [4.78, 5) is 29.7. The Hall–Kier alpha value is -3.12. The van der Waals surface area contributed by atoms with Gasteiger partial charge in [-0.1, -0.05) is 18.2 Å². The first-order chi connectivity index (χ1) is 15.5. The average molecular weight is 433 g/mol. The van der Waals surface area contributed by atoms with Crippen LogP contribution in [0.5, 0.6) is 0 Å². The smallest absolute Gasteiger partial charge is 0.253 e. The predicted molar refractivity (Wildman–Crippen MR) is 129 cm³/mol. The van der Waals surface area contributed by atoms with E-state index in [1.165, 1.54) is 0 Å². The number of aromatic nitrogens is 1. The lowest BCUT2D eigenvalue weighted by molar-refractivity contribution is -0.121. The molecule has 1 aromatic heterocycles. The maximum absolute atomic E-state index is 13.1. The van der Waals surface area contributed by atoms with Crippen LogP contribution in [0.4, 0.5) is 5.69 Å². The summed E-state index contributed by atoms with van der Waals surface area (Å²) in [5.41, 5.74) is 2.70. The molecule has 0 spiro atoms. The predicted octanol–water partition coefficient (Wildman–Crippen LogP) is 4.08. The molecule has 1 saturated heterocycles. The van der Waals surface area contributed by atoms with Gasteiger partial charge in [-0.15, -0.1) is 0 Å². The molecule has 1 aliphatic rings. The highest BCUT2D eigenvalue weighted by atomic mass is 16.2. The second-order valence-corrected chi connectivity index (χ2v) is 8.86. The maximum atomic E-state index is 13.1. The number of piperidine rings is 1. The molecule has 2 amide bonds. The van der Waals surface area contributed by atoms with E-state index in [2.05, 4.69) is 47.2 Å². The summed E-state index contributed by atoms with van der Waals surface area (Å²) >= 11 is 0. The first-order valence-electron chi connectivity index (χ1n) is 11.4. The molecule has 2 heterocycles. The van der Waals surface area contributed by atoms with Crippen molar-refractivity contribution in [2.75, 3.05) is 39.0 Å². The van der Waals surface area contributed by atoms with Crippen LogP contribution in [0, 0.1) is 5.92 Å². The van der Waals surface area contributed by atoms with Gasteiger partial charge in [0, 0.05) is 53.9 Å². The van der Waals surface area contributed by atoms with Crippen LogP contribution < -0.4 is 5.32 Å². The number of anilines is 1. The van der Waals surface area contributed by atoms with E-state index >= 15 is 0 Å². The molecule has 168 valence electrons. The fourth-order valence-corrected chi connectivity index (χ4v) is 4.38. The first-order valence-corrected chi connectivity index (χ1v) is 11.4. The van der Waals surface area contributed by atoms with E-state index in [1.54, 1.807) is 0 Å². The zero-order valence-electron chi connectivity index (χ0n) is 19.0. The number of benzene rings is 2. The minimum atomic E-state index is -0.0575. The molecule has 0 radical (unpaired) electrons. The van der Waals surface area contributed by atoms with Crippen LogP contribution >= 0.6 is 0 Å². The van der Waals surface area contributed by atoms with Gasteiger partial charge in [0.2, 0.25) is 5.91 Å². The lowest BCUT2D eigenvalue weighted by Crippen LogP contribution is -2.41. The molecule has 2 aromatic carbocycles. The van der Waals surface area contributed by atoms with E-state index in [9.17, 15) is 9.59 Å². The van der Waals surface area contributed by atoms with Gasteiger partial charge in [0.15, 0.2) is 0 Å². The number of amides is 2. The number of hydrogen-bond donors (Lipinski definition) is 1. The van der Waals surface area contributed by atoms with E-state index in [4.69, 9.17) is 0 Å². The summed E-state index contributed by atoms with van der Waals surface area (Å²) in [6.45, 7) is 3.23. The fraction of sp³-hybridized carbons (Fsp3) is 0.385. The van der Waals surface area contributed by atoms with Crippen molar-refractivity contribution in [3.8, 4) is 0 Å². The summed E-state index contributed by atoms with van der Waals surface area (Å²) in [6, 6.07) is 17.6. The fourth-order valence-electron chi connectivity index (χ4n) is 4.38. The SMILES string of the molecule is CN(C)CCCn1ccc2cc(C(=O)N3CCC(C(=O)Nc4ccccc4)CC3)ccc21. The van der Waals surface area contributed by atoms with E-state index in [0.29, 0.717) is 25.9 Å². The third kappa shape index (κ3) is 5.19. The number of nitrogens with zero attached hydrogens (tertiary/aromatic N) is 3. The number of nitrogens with one attached hydrogen (secondary N) is 1. The minimum absolute atomic E-state index is 0.0420. The van der Waals surface area contributed by atoms with Crippen molar-refractivity contribution in [1.82, 2.24) is 14.4 Å². The molecule has 32 heavy (non-hydrogen) atoms. The number of aryl methyl sites for hydroxylation is 1. The van der Waals surface area contributed by atoms with Gasteiger partial charge in [-0.3, -0.25) is 9.59 Å². The summed E-state index contributed by atoms with van der Waals surface area (Å²) in [6.07, 6.45) is 4.57. The molecule has 3 aromatic rings. The third-order valence-electron chi connectivity index (χ3n) is 6.22. The van der Waals surface area contributed by atoms with Gasteiger partial charge >= 0.3 is 0 Å². The van der Waals surface area contributed by atoms with Crippen LogP contribution in [-0.2, 0) is 11.3 Å². The Morgan fingerprint density at radius 2 is 1.78 bits per heavy atom. The third-order valence-corrected chi connectivity index (χ3v) is 6.22. The normalized spacial score (nSPS) is 14.8. The minimum Gasteiger partial charge on any atom is -0.347 e. The zero-order chi connectivity index (χ0) is 22.5. The molecule has 6 nitrogen and oxygen atoms in total. The molecule has 0 aliphatic carbocycles. The Morgan fingerprint density at radius 1 is 1.03 bits per heavy atom. The van der Waals surface area contributed by atoms with Crippen LogP contribution in [0.1, 0.15) is 29.6 Å². The number of fused-ring (bicyclic) bond motifs is 1. The molecule has 0 unspecified atom stereocenters. The average Bonchev–Trinajstić information content (AvgIpc) is 3.21. The van der Waals surface area contributed by atoms with Crippen LogP contribution in [0.3, 0.4) is 0 Å². The number of hydrogen-bond acceptors (Lipinski definition) is 3. The highest BCUT2D eigenvalue weighted by molar-refractivity contribution is 5.98. The molecular weight excluding hydrogens is 400 g/mol. The summed E-state index contributed by atoms with van der Waals surface area (Å²) in [5, 5.41) is 4.08. The Bertz CT molecular complexity index is 1070.